The van der Waals surface area contributed by atoms with Crippen LogP contribution in [0.3, 0.4) is 0 Å². The lowest BCUT2D eigenvalue weighted by Crippen LogP contribution is -2.46. The summed E-state index contributed by atoms with van der Waals surface area (Å²) in [6, 6.07) is 8.44. The molecule has 4 saturated carbocycles. The van der Waals surface area contributed by atoms with E-state index in [-0.39, 0.29) is 0 Å². The van der Waals surface area contributed by atoms with Crippen LogP contribution < -0.4 is 10.5 Å². The Balaban J connectivity index is 1.27. The van der Waals surface area contributed by atoms with E-state index in [1.165, 1.54) is 37.7 Å². The molecule has 0 heterocycles. The van der Waals surface area contributed by atoms with Gasteiger partial charge in [-0.1, -0.05) is 12.1 Å². The molecule has 2 N–H and O–H groups in total. The van der Waals surface area contributed by atoms with Crippen molar-refractivity contribution in [3.63, 3.8) is 0 Å². The van der Waals surface area contributed by atoms with Gasteiger partial charge in [-0.15, -0.1) is 0 Å². The Morgan fingerprint density at radius 2 is 1.74 bits per heavy atom. The Morgan fingerprint density at radius 1 is 1.04 bits per heavy atom. The highest BCUT2D eigenvalue weighted by Crippen LogP contribution is 2.61. The lowest BCUT2D eigenvalue weighted by atomic mass is 9.48. The number of benzene rings is 1. The number of hydrogen-bond donors (Lipinski definition) is 1. The van der Waals surface area contributed by atoms with E-state index in [9.17, 15) is 0 Å². The largest absolute Gasteiger partial charge is 0.494 e. The highest BCUT2D eigenvalue weighted by atomic mass is 16.5. The second-order valence-electron chi connectivity index (χ2n) is 8.56. The van der Waals surface area contributed by atoms with E-state index in [0.29, 0.717) is 12.0 Å². The predicted molar refractivity (Wildman–Crippen MR) is 94.5 cm³/mol. The standard InChI is InChI=1S/C21H31NO/c22-7-5-16-3-1-4-20(12-16)23-8-2-6-21-13-17-9-18(14-21)11-19(10-17)15-21/h1,3-4,12,17-19H,2,5-11,13-15,22H2. The quantitative estimate of drug-likeness (QED) is 0.749. The predicted octanol–water partition coefficient (Wildman–Crippen LogP) is 4.56. The van der Waals surface area contributed by atoms with Crippen LogP contribution in [0.25, 0.3) is 0 Å². The lowest BCUT2D eigenvalue weighted by Gasteiger charge is -2.57. The molecular formula is C21H31NO. The zero-order valence-corrected chi connectivity index (χ0v) is 14.3. The molecule has 4 bridgehead atoms. The average molecular weight is 313 g/mol. The fourth-order valence-electron chi connectivity index (χ4n) is 6.19. The summed E-state index contributed by atoms with van der Waals surface area (Å²) < 4.78 is 6.02. The van der Waals surface area contributed by atoms with Crippen molar-refractivity contribution in [2.24, 2.45) is 28.9 Å². The Labute approximate surface area is 140 Å². The van der Waals surface area contributed by atoms with E-state index in [0.717, 1.165) is 36.5 Å². The molecule has 0 unspecified atom stereocenters. The van der Waals surface area contributed by atoms with Crippen molar-refractivity contribution in [3.8, 4) is 5.75 Å². The van der Waals surface area contributed by atoms with Gasteiger partial charge in [0.2, 0.25) is 0 Å². The van der Waals surface area contributed by atoms with Gasteiger partial charge in [0.25, 0.3) is 0 Å². The lowest BCUT2D eigenvalue weighted by molar-refractivity contribution is -0.0593. The van der Waals surface area contributed by atoms with Crippen molar-refractivity contribution in [1.82, 2.24) is 0 Å². The Kier molecular flexibility index (Phi) is 4.36. The van der Waals surface area contributed by atoms with Gasteiger partial charge in [-0.05, 0) is 105 Å². The molecule has 0 atom stereocenters. The summed E-state index contributed by atoms with van der Waals surface area (Å²) in [6.45, 7) is 1.57. The summed E-state index contributed by atoms with van der Waals surface area (Å²) in [5, 5.41) is 0. The number of nitrogens with two attached hydrogens (primary N) is 1. The summed E-state index contributed by atoms with van der Waals surface area (Å²) in [7, 11) is 0. The summed E-state index contributed by atoms with van der Waals surface area (Å²) >= 11 is 0. The Hall–Kier alpha value is -1.02. The number of rotatable bonds is 7. The third-order valence-corrected chi connectivity index (χ3v) is 6.62. The van der Waals surface area contributed by atoms with Gasteiger partial charge in [-0.3, -0.25) is 0 Å². The molecule has 5 rings (SSSR count). The van der Waals surface area contributed by atoms with Gasteiger partial charge in [-0.25, -0.2) is 0 Å². The monoisotopic (exact) mass is 313 g/mol. The van der Waals surface area contributed by atoms with Gasteiger partial charge in [0.1, 0.15) is 5.75 Å². The van der Waals surface area contributed by atoms with Crippen LogP contribution in [0, 0.1) is 23.2 Å². The average Bonchev–Trinajstić information content (AvgIpc) is 2.51. The maximum Gasteiger partial charge on any atom is 0.119 e. The third kappa shape index (κ3) is 3.42. The minimum absolute atomic E-state index is 0.694. The van der Waals surface area contributed by atoms with Crippen LogP contribution in [-0.4, -0.2) is 13.2 Å². The smallest absolute Gasteiger partial charge is 0.119 e. The molecule has 0 aliphatic heterocycles. The highest BCUT2D eigenvalue weighted by Gasteiger charge is 2.50. The fraction of sp³-hybridized carbons (Fsp3) is 0.714. The topological polar surface area (TPSA) is 35.2 Å². The minimum Gasteiger partial charge on any atom is -0.494 e. The van der Waals surface area contributed by atoms with E-state index in [1.807, 2.05) is 0 Å². The summed E-state index contributed by atoms with van der Waals surface area (Å²) in [5.41, 5.74) is 7.61. The van der Waals surface area contributed by atoms with Crippen molar-refractivity contribution in [3.05, 3.63) is 29.8 Å². The fourth-order valence-corrected chi connectivity index (χ4v) is 6.19. The summed E-state index contributed by atoms with van der Waals surface area (Å²) in [4.78, 5) is 0. The second kappa shape index (κ2) is 6.47. The van der Waals surface area contributed by atoms with E-state index >= 15 is 0 Å². The molecule has 4 aliphatic carbocycles. The van der Waals surface area contributed by atoms with Crippen LogP contribution in [0.1, 0.15) is 56.9 Å². The van der Waals surface area contributed by atoms with Crippen LogP contribution in [-0.2, 0) is 6.42 Å². The zero-order valence-electron chi connectivity index (χ0n) is 14.3. The first kappa shape index (κ1) is 15.5. The normalized spacial score (nSPS) is 34.7. The highest BCUT2D eigenvalue weighted by molar-refractivity contribution is 5.28. The Morgan fingerprint density at radius 3 is 2.39 bits per heavy atom. The molecule has 0 amide bonds. The van der Waals surface area contributed by atoms with E-state index in [1.54, 1.807) is 19.3 Å². The number of ether oxygens (including phenoxy) is 1. The van der Waals surface area contributed by atoms with Gasteiger partial charge >= 0.3 is 0 Å². The van der Waals surface area contributed by atoms with Gasteiger partial charge in [0.05, 0.1) is 6.61 Å². The van der Waals surface area contributed by atoms with Crippen molar-refractivity contribution >= 4 is 0 Å². The Bertz CT molecular complexity index is 503. The molecule has 23 heavy (non-hydrogen) atoms. The minimum atomic E-state index is 0.694. The maximum absolute atomic E-state index is 6.02. The molecular weight excluding hydrogens is 282 g/mol. The van der Waals surface area contributed by atoms with Crippen LogP contribution in [0.15, 0.2) is 24.3 Å². The molecule has 4 fully saturated rings. The first-order chi connectivity index (χ1) is 11.2. The first-order valence-corrected chi connectivity index (χ1v) is 9.66. The SMILES string of the molecule is NCCc1cccc(OCCCC23CC4CC(CC(C4)C2)C3)c1. The van der Waals surface area contributed by atoms with Gasteiger partial charge in [0, 0.05) is 0 Å². The van der Waals surface area contributed by atoms with Gasteiger partial charge < -0.3 is 10.5 Å². The summed E-state index contributed by atoms with van der Waals surface area (Å²) in [5.74, 6) is 4.21. The molecule has 126 valence electrons. The molecule has 0 aromatic heterocycles. The second-order valence-corrected chi connectivity index (χ2v) is 8.56. The van der Waals surface area contributed by atoms with Crippen molar-refractivity contribution < 1.29 is 4.74 Å². The number of hydrogen-bond acceptors (Lipinski definition) is 2. The zero-order chi connectivity index (χ0) is 15.7. The van der Waals surface area contributed by atoms with E-state index in [2.05, 4.69) is 24.3 Å². The third-order valence-electron chi connectivity index (χ3n) is 6.62. The van der Waals surface area contributed by atoms with Gasteiger partial charge in [-0.2, -0.15) is 0 Å². The first-order valence-electron chi connectivity index (χ1n) is 9.66. The van der Waals surface area contributed by atoms with Gasteiger partial charge in [0.15, 0.2) is 0 Å². The molecule has 2 nitrogen and oxygen atoms in total. The van der Waals surface area contributed by atoms with Crippen LogP contribution in [0.5, 0.6) is 5.75 Å². The van der Waals surface area contributed by atoms with Crippen molar-refractivity contribution in [1.29, 1.82) is 0 Å². The van der Waals surface area contributed by atoms with Crippen LogP contribution >= 0.6 is 0 Å². The molecule has 2 heteroatoms. The molecule has 1 aromatic rings. The van der Waals surface area contributed by atoms with Crippen LogP contribution in [0.4, 0.5) is 0 Å². The molecule has 4 aliphatic rings. The van der Waals surface area contributed by atoms with E-state index < -0.39 is 0 Å². The molecule has 0 saturated heterocycles. The van der Waals surface area contributed by atoms with Crippen molar-refractivity contribution in [2.45, 2.75) is 57.8 Å². The summed E-state index contributed by atoms with van der Waals surface area (Å²) in [6.07, 6.45) is 12.7. The molecule has 1 aromatic carbocycles. The van der Waals surface area contributed by atoms with Crippen LogP contribution in [0.2, 0.25) is 0 Å². The van der Waals surface area contributed by atoms with E-state index in [4.69, 9.17) is 10.5 Å². The van der Waals surface area contributed by atoms with Crippen molar-refractivity contribution in [2.75, 3.05) is 13.2 Å². The molecule has 0 radical (unpaired) electrons. The maximum atomic E-state index is 6.02. The molecule has 0 spiro atoms.